The fourth-order valence-electron chi connectivity index (χ4n) is 1.40. The smallest absolute Gasteiger partial charge is 0.109 e. The molecule has 4 nitrogen and oxygen atoms in total. The van der Waals surface area contributed by atoms with E-state index < -0.39 is 0 Å². The number of nitroso groups, excluding NO2 is 1. The standard InChI is InChI=1S/C8H16N2O2/c1-7(2)10-3-4-12-8(6-10)5-9-11/h7-8H,3-6H2,1-2H3. The van der Waals surface area contributed by atoms with E-state index in [0.717, 1.165) is 19.7 Å². The Hall–Kier alpha value is -0.480. The Bertz CT molecular complexity index is 150. The summed E-state index contributed by atoms with van der Waals surface area (Å²) < 4.78 is 5.36. The second-order valence-electron chi connectivity index (χ2n) is 3.39. The van der Waals surface area contributed by atoms with Crippen molar-refractivity contribution in [2.75, 3.05) is 26.2 Å². The molecule has 1 atom stereocenters. The third kappa shape index (κ3) is 2.53. The minimum Gasteiger partial charge on any atom is -0.373 e. The predicted molar refractivity (Wildman–Crippen MR) is 47.1 cm³/mol. The third-order valence-corrected chi connectivity index (χ3v) is 2.18. The van der Waals surface area contributed by atoms with Crippen molar-refractivity contribution in [1.82, 2.24) is 4.90 Å². The molecule has 0 radical (unpaired) electrons. The van der Waals surface area contributed by atoms with E-state index >= 15 is 0 Å². The molecule has 12 heavy (non-hydrogen) atoms. The lowest BCUT2D eigenvalue weighted by molar-refractivity contribution is -0.0333. The van der Waals surface area contributed by atoms with Crippen molar-refractivity contribution < 1.29 is 4.74 Å². The number of morpholine rings is 1. The summed E-state index contributed by atoms with van der Waals surface area (Å²) in [6.07, 6.45) is 0.0126. The molecule has 1 saturated heterocycles. The summed E-state index contributed by atoms with van der Waals surface area (Å²) in [4.78, 5) is 12.3. The van der Waals surface area contributed by atoms with E-state index in [-0.39, 0.29) is 12.6 Å². The molecule has 0 bridgehead atoms. The van der Waals surface area contributed by atoms with E-state index in [1.54, 1.807) is 0 Å². The van der Waals surface area contributed by atoms with E-state index in [0.29, 0.717) is 6.04 Å². The van der Waals surface area contributed by atoms with Crippen LogP contribution in [0.4, 0.5) is 0 Å². The number of ether oxygens (including phenoxy) is 1. The molecule has 1 rings (SSSR count). The van der Waals surface area contributed by atoms with Gasteiger partial charge in [0.25, 0.3) is 0 Å². The molecule has 0 saturated carbocycles. The Morgan fingerprint density at radius 1 is 1.67 bits per heavy atom. The van der Waals surface area contributed by atoms with Crippen molar-refractivity contribution in [1.29, 1.82) is 0 Å². The van der Waals surface area contributed by atoms with Gasteiger partial charge in [-0.2, -0.15) is 4.91 Å². The first-order valence-corrected chi connectivity index (χ1v) is 4.39. The Labute approximate surface area is 72.9 Å². The zero-order valence-corrected chi connectivity index (χ0v) is 7.69. The van der Waals surface area contributed by atoms with Crippen LogP contribution in [0.25, 0.3) is 0 Å². The maximum atomic E-state index is 10.0. The largest absolute Gasteiger partial charge is 0.373 e. The van der Waals surface area contributed by atoms with Crippen LogP contribution in [0.2, 0.25) is 0 Å². The fourth-order valence-corrected chi connectivity index (χ4v) is 1.40. The van der Waals surface area contributed by atoms with Gasteiger partial charge in [0.2, 0.25) is 0 Å². The number of hydrogen-bond acceptors (Lipinski definition) is 4. The fraction of sp³-hybridized carbons (Fsp3) is 1.00. The van der Waals surface area contributed by atoms with E-state index in [1.165, 1.54) is 0 Å². The highest BCUT2D eigenvalue weighted by atomic mass is 16.5. The Morgan fingerprint density at radius 3 is 3.00 bits per heavy atom. The van der Waals surface area contributed by atoms with Crippen LogP contribution in [0.1, 0.15) is 13.8 Å². The van der Waals surface area contributed by atoms with Crippen molar-refractivity contribution in [2.24, 2.45) is 5.18 Å². The highest BCUT2D eigenvalue weighted by Gasteiger charge is 2.21. The van der Waals surface area contributed by atoms with Gasteiger partial charge in [-0.3, -0.25) is 4.90 Å². The molecule has 0 aromatic heterocycles. The predicted octanol–water partition coefficient (Wildman–Crippen LogP) is 0.862. The summed E-state index contributed by atoms with van der Waals surface area (Å²) in [5, 5.41) is 2.85. The molecular weight excluding hydrogens is 156 g/mol. The molecule has 1 aliphatic heterocycles. The molecular formula is C8H16N2O2. The minimum absolute atomic E-state index is 0.0126. The highest BCUT2D eigenvalue weighted by Crippen LogP contribution is 2.08. The zero-order chi connectivity index (χ0) is 8.97. The Kier molecular flexibility index (Phi) is 3.62. The van der Waals surface area contributed by atoms with Gasteiger partial charge in [0.1, 0.15) is 6.54 Å². The average molecular weight is 172 g/mol. The van der Waals surface area contributed by atoms with Gasteiger partial charge in [-0.15, -0.1) is 0 Å². The summed E-state index contributed by atoms with van der Waals surface area (Å²) in [6.45, 7) is 7.10. The molecule has 4 heteroatoms. The molecule has 0 amide bonds. The molecule has 0 N–H and O–H groups in total. The lowest BCUT2D eigenvalue weighted by Gasteiger charge is -2.34. The monoisotopic (exact) mass is 172 g/mol. The van der Waals surface area contributed by atoms with Crippen LogP contribution >= 0.6 is 0 Å². The van der Waals surface area contributed by atoms with Crippen molar-refractivity contribution in [3.05, 3.63) is 4.91 Å². The quantitative estimate of drug-likeness (QED) is 0.593. The second kappa shape index (κ2) is 4.52. The maximum absolute atomic E-state index is 10.0. The number of rotatable bonds is 3. The summed E-state index contributed by atoms with van der Waals surface area (Å²) in [5.74, 6) is 0. The number of hydrogen-bond donors (Lipinski definition) is 0. The van der Waals surface area contributed by atoms with Gasteiger partial charge in [0.15, 0.2) is 0 Å². The van der Waals surface area contributed by atoms with Crippen LogP contribution in [0.3, 0.4) is 0 Å². The first kappa shape index (κ1) is 9.61. The van der Waals surface area contributed by atoms with Crippen LogP contribution in [0, 0.1) is 4.91 Å². The molecule has 0 spiro atoms. The van der Waals surface area contributed by atoms with E-state index in [9.17, 15) is 4.91 Å². The van der Waals surface area contributed by atoms with Gasteiger partial charge >= 0.3 is 0 Å². The highest BCUT2D eigenvalue weighted by molar-refractivity contribution is 4.75. The second-order valence-corrected chi connectivity index (χ2v) is 3.39. The molecule has 70 valence electrons. The molecule has 0 aromatic carbocycles. The van der Waals surface area contributed by atoms with E-state index in [4.69, 9.17) is 4.74 Å². The molecule has 1 aliphatic rings. The van der Waals surface area contributed by atoms with E-state index in [1.807, 2.05) is 0 Å². The van der Waals surface area contributed by atoms with Gasteiger partial charge in [0, 0.05) is 19.1 Å². The van der Waals surface area contributed by atoms with Crippen LogP contribution in [0.15, 0.2) is 5.18 Å². The summed E-state index contributed by atoms with van der Waals surface area (Å²) in [5.41, 5.74) is 0. The van der Waals surface area contributed by atoms with Crippen LogP contribution in [-0.4, -0.2) is 43.3 Å². The lowest BCUT2D eigenvalue weighted by Crippen LogP contribution is -2.46. The third-order valence-electron chi connectivity index (χ3n) is 2.18. The summed E-state index contributed by atoms with van der Waals surface area (Å²) >= 11 is 0. The Morgan fingerprint density at radius 2 is 2.42 bits per heavy atom. The molecule has 1 fully saturated rings. The minimum atomic E-state index is 0.0126. The molecule has 1 heterocycles. The van der Waals surface area contributed by atoms with Gasteiger partial charge < -0.3 is 4.74 Å². The van der Waals surface area contributed by atoms with E-state index in [2.05, 4.69) is 23.9 Å². The molecule has 1 unspecified atom stereocenters. The summed E-state index contributed by atoms with van der Waals surface area (Å²) in [7, 11) is 0. The van der Waals surface area contributed by atoms with Crippen LogP contribution < -0.4 is 0 Å². The first-order valence-electron chi connectivity index (χ1n) is 4.39. The molecule has 0 aliphatic carbocycles. The number of nitrogens with zero attached hydrogens (tertiary/aromatic N) is 2. The van der Waals surface area contributed by atoms with Crippen molar-refractivity contribution in [3.63, 3.8) is 0 Å². The lowest BCUT2D eigenvalue weighted by atomic mass is 10.2. The SMILES string of the molecule is CC(C)N1CCOC(CN=O)C1. The Balaban J connectivity index is 2.34. The van der Waals surface area contributed by atoms with Crippen molar-refractivity contribution >= 4 is 0 Å². The zero-order valence-electron chi connectivity index (χ0n) is 7.69. The average Bonchev–Trinajstić information content (AvgIpc) is 2.05. The van der Waals surface area contributed by atoms with Crippen molar-refractivity contribution in [2.45, 2.75) is 26.0 Å². The van der Waals surface area contributed by atoms with Crippen LogP contribution in [0.5, 0.6) is 0 Å². The van der Waals surface area contributed by atoms with Gasteiger partial charge in [-0.05, 0) is 13.8 Å². The van der Waals surface area contributed by atoms with Gasteiger partial charge in [0.05, 0.1) is 12.7 Å². The van der Waals surface area contributed by atoms with Crippen molar-refractivity contribution in [3.8, 4) is 0 Å². The van der Waals surface area contributed by atoms with Crippen LogP contribution in [-0.2, 0) is 4.74 Å². The maximum Gasteiger partial charge on any atom is 0.109 e. The topological polar surface area (TPSA) is 41.9 Å². The summed E-state index contributed by atoms with van der Waals surface area (Å²) in [6, 6.07) is 0.531. The normalized spacial score (nSPS) is 26.1. The van der Waals surface area contributed by atoms with Gasteiger partial charge in [-0.25, -0.2) is 0 Å². The first-order chi connectivity index (χ1) is 5.74. The van der Waals surface area contributed by atoms with Gasteiger partial charge in [-0.1, -0.05) is 5.18 Å². The molecule has 0 aromatic rings.